The van der Waals surface area contributed by atoms with E-state index in [9.17, 15) is 0 Å². The van der Waals surface area contributed by atoms with E-state index in [0.29, 0.717) is 5.41 Å². The van der Waals surface area contributed by atoms with Crippen molar-refractivity contribution < 1.29 is 0 Å². The van der Waals surface area contributed by atoms with Gasteiger partial charge in [-0.2, -0.15) is 0 Å². The van der Waals surface area contributed by atoms with E-state index in [2.05, 4.69) is 17.6 Å². The molecule has 0 saturated heterocycles. The molecular formula is C18H25ClN2. The number of benzene rings is 1. The second-order valence-electron chi connectivity index (χ2n) is 7.86. The molecule has 3 N–H and O–H groups in total. The summed E-state index contributed by atoms with van der Waals surface area (Å²) in [4.78, 5) is 0. The Morgan fingerprint density at radius 2 is 1.67 bits per heavy atom. The smallest absolute Gasteiger partial charge is 0.0480 e. The van der Waals surface area contributed by atoms with Crippen LogP contribution in [0.15, 0.2) is 24.3 Å². The van der Waals surface area contributed by atoms with E-state index in [1.807, 2.05) is 12.1 Å². The van der Waals surface area contributed by atoms with Gasteiger partial charge >= 0.3 is 0 Å². The Kier molecular flexibility index (Phi) is 3.52. The SMILES string of the molecule is NNC(CC12CC3CC(CC(C3)C1)C2)c1ccccc1Cl. The van der Waals surface area contributed by atoms with Gasteiger partial charge < -0.3 is 0 Å². The molecule has 1 atom stereocenters. The van der Waals surface area contributed by atoms with Gasteiger partial charge in [0, 0.05) is 11.1 Å². The van der Waals surface area contributed by atoms with Gasteiger partial charge in [0.15, 0.2) is 0 Å². The summed E-state index contributed by atoms with van der Waals surface area (Å²) in [6.45, 7) is 0. The summed E-state index contributed by atoms with van der Waals surface area (Å²) < 4.78 is 0. The van der Waals surface area contributed by atoms with Crippen molar-refractivity contribution in [1.82, 2.24) is 5.43 Å². The van der Waals surface area contributed by atoms with Gasteiger partial charge in [-0.1, -0.05) is 29.8 Å². The third kappa shape index (κ3) is 2.52. The lowest BCUT2D eigenvalue weighted by molar-refractivity contribution is -0.0622. The van der Waals surface area contributed by atoms with Crippen LogP contribution in [0.1, 0.15) is 56.6 Å². The zero-order valence-corrected chi connectivity index (χ0v) is 13.3. The summed E-state index contributed by atoms with van der Waals surface area (Å²) in [5.41, 5.74) is 4.73. The highest BCUT2D eigenvalue weighted by atomic mass is 35.5. The highest BCUT2D eigenvalue weighted by Gasteiger charge is 2.51. The summed E-state index contributed by atoms with van der Waals surface area (Å²) in [7, 11) is 0. The fraction of sp³-hybridized carbons (Fsp3) is 0.667. The lowest BCUT2D eigenvalue weighted by Gasteiger charge is -2.57. The van der Waals surface area contributed by atoms with Crippen LogP contribution in [0.3, 0.4) is 0 Å². The molecule has 4 fully saturated rings. The molecule has 4 saturated carbocycles. The first kappa shape index (κ1) is 14.0. The van der Waals surface area contributed by atoms with E-state index in [1.165, 1.54) is 38.5 Å². The predicted molar refractivity (Wildman–Crippen MR) is 86.7 cm³/mol. The highest BCUT2D eigenvalue weighted by molar-refractivity contribution is 6.31. The molecule has 1 aromatic carbocycles. The zero-order valence-electron chi connectivity index (χ0n) is 12.5. The first-order chi connectivity index (χ1) is 10.2. The maximum atomic E-state index is 6.39. The van der Waals surface area contributed by atoms with Crippen LogP contribution < -0.4 is 11.3 Å². The molecule has 4 bridgehead atoms. The molecule has 0 spiro atoms. The van der Waals surface area contributed by atoms with Crippen molar-refractivity contribution >= 4 is 11.6 Å². The second-order valence-corrected chi connectivity index (χ2v) is 8.27. The minimum atomic E-state index is 0.190. The Labute approximate surface area is 132 Å². The molecule has 0 amide bonds. The predicted octanol–water partition coefficient (Wildman–Crippen LogP) is 4.45. The Morgan fingerprint density at radius 3 is 2.19 bits per heavy atom. The van der Waals surface area contributed by atoms with E-state index in [4.69, 9.17) is 17.4 Å². The summed E-state index contributed by atoms with van der Waals surface area (Å²) in [5, 5.41) is 0.838. The van der Waals surface area contributed by atoms with Gasteiger partial charge in [-0.25, -0.2) is 0 Å². The molecule has 0 aliphatic heterocycles. The van der Waals surface area contributed by atoms with Crippen LogP contribution in [-0.4, -0.2) is 0 Å². The van der Waals surface area contributed by atoms with E-state index < -0.39 is 0 Å². The molecule has 3 heteroatoms. The van der Waals surface area contributed by atoms with Gasteiger partial charge in [-0.3, -0.25) is 11.3 Å². The number of rotatable bonds is 4. The normalized spacial score (nSPS) is 38.7. The molecule has 0 radical (unpaired) electrons. The van der Waals surface area contributed by atoms with Gasteiger partial charge in [0.25, 0.3) is 0 Å². The number of nitrogens with two attached hydrogens (primary N) is 1. The monoisotopic (exact) mass is 304 g/mol. The van der Waals surface area contributed by atoms with Crippen molar-refractivity contribution in [3.8, 4) is 0 Å². The van der Waals surface area contributed by atoms with E-state index >= 15 is 0 Å². The van der Waals surface area contributed by atoms with Crippen LogP contribution in [0.2, 0.25) is 5.02 Å². The standard InChI is InChI=1S/C18H25ClN2/c19-16-4-2-1-3-15(16)17(21-20)11-18-8-12-5-13(9-18)7-14(6-12)10-18/h1-4,12-14,17,21H,5-11,20H2. The average Bonchev–Trinajstić information content (AvgIpc) is 2.44. The highest BCUT2D eigenvalue weighted by Crippen LogP contribution is 2.62. The number of halogens is 1. The molecule has 21 heavy (non-hydrogen) atoms. The summed E-state index contributed by atoms with van der Waals surface area (Å²) in [6, 6.07) is 8.33. The molecule has 0 heterocycles. The molecule has 4 aliphatic rings. The van der Waals surface area contributed by atoms with Crippen molar-refractivity contribution in [2.24, 2.45) is 29.0 Å². The van der Waals surface area contributed by atoms with E-state index in [-0.39, 0.29) is 6.04 Å². The molecule has 5 rings (SSSR count). The summed E-state index contributed by atoms with van der Waals surface area (Å²) in [5.74, 6) is 8.86. The van der Waals surface area contributed by atoms with Crippen LogP contribution >= 0.6 is 11.6 Å². The third-order valence-electron chi connectivity index (χ3n) is 6.28. The van der Waals surface area contributed by atoms with Crippen molar-refractivity contribution in [2.45, 2.75) is 51.0 Å². The van der Waals surface area contributed by atoms with Crippen LogP contribution in [0.4, 0.5) is 0 Å². The lowest BCUT2D eigenvalue weighted by atomic mass is 9.48. The Hall–Kier alpha value is -0.570. The Balaban J connectivity index is 1.58. The fourth-order valence-electron chi connectivity index (χ4n) is 5.99. The zero-order chi connectivity index (χ0) is 14.4. The van der Waals surface area contributed by atoms with Crippen LogP contribution in [0, 0.1) is 23.2 Å². The number of hydrogen-bond acceptors (Lipinski definition) is 2. The van der Waals surface area contributed by atoms with Gasteiger partial charge in [-0.15, -0.1) is 0 Å². The molecule has 4 aliphatic carbocycles. The second kappa shape index (κ2) is 5.26. The first-order valence-electron chi connectivity index (χ1n) is 8.38. The Morgan fingerprint density at radius 1 is 1.10 bits per heavy atom. The van der Waals surface area contributed by atoms with Crippen molar-refractivity contribution in [2.75, 3.05) is 0 Å². The first-order valence-corrected chi connectivity index (χ1v) is 8.76. The van der Waals surface area contributed by atoms with Crippen molar-refractivity contribution in [3.63, 3.8) is 0 Å². The number of nitrogens with one attached hydrogen (secondary N) is 1. The van der Waals surface area contributed by atoms with Gasteiger partial charge in [0.1, 0.15) is 0 Å². The molecule has 0 aromatic heterocycles. The number of hydrazine groups is 1. The average molecular weight is 305 g/mol. The van der Waals surface area contributed by atoms with E-state index in [0.717, 1.165) is 34.8 Å². The van der Waals surface area contributed by atoms with Crippen molar-refractivity contribution in [3.05, 3.63) is 34.9 Å². The molecule has 2 nitrogen and oxygen atoms in total. The summed E-state index contributed by atoms with van der Waals surface area (Å²) >= 11 is 6.39. The molecule has 114 valence electrons. The molecular weight excluding hydrogens is 280 g/mol. The third-order valence-corrected chi connectivity index (χ3v) is 6.63. The maximum absolute atomic E-state index is 6.39. The largest absolute Gasteiger partial charge is 0.271 e. The quantitative estimate of drug-likeness (QED) is 0.637. The van der Waals surface area contributed by atoms with Crippen LogP contribution in [-0.2, 0) is 0 Å². The van der Waals surface area contributed by atoms with Crippen molar-refractivity contribution in [1.29, 1.82) is 0 Å². The topological polar surface area (TPSA) is 38.0 Å². The van der Waals surface area contributed by atoms with Crippen LogP contribution in [0.25, 0.3) is 0 Å². The Bertz CT molecular complexity index is 492. The molecule has 1 unspecified atom stereocenters. The van der Waals surface area contributed by atoms with Gasteiger partial charge in [-0.05, 0) is 79.7 Å². The molecule has 1 aromatic rings. The van der Waals surface area contributed by atoms with Gasteiger partial charge in [0.05, 0.1) is 0 Å². The lowest BCUT2D eigenvalue weighted by Crippen LogP contribution is -2.48. The maximum Gasteiger partial charge on any atom is 0.0480 e. The minimum absolute atomic E-state index is 0.190. The number of hydrogen-bond donors (Lipinski definition) is 2. The fourth-order valence-corrected chi connectivity index (χ4v) is 6.26. The van der Waals surface area contributed by atoms with Gasteiger partial charge in [0.2, 0.25) is 0 Å². The van der Waals surface area contributed by atoms with Crippen LogP contribution in [0.5, 0.6) is 0 Å². The van der Waals surface area contributed by atoms with E-state index in [1.54, 1.807) is 0 Å². The summed E-state index contributed by atoms with van der Waals surface area (Å²) in [6.07, 6.45) is 9.88. The minimum Gasteiger partial charge on any atom is -0.271 e.